The van der Waals surface area contributed by atoms with Crippen LogP contribution in [0.15, 0.2) is 29.2 Å². The number of carbonyl (C=O) groups excluding carboxylic acids is 2. The molecule has 0 saturated carbocycles. The van der Waals surface area contributed by atoms with Crippen LogP contribution < -0.4 is 5.32 Å². The lowest BCUT2D eigenvalue weighted by Crippen LogP contribution is -2.56. The highest BCUT2D eigenvalue weighted by molar-refractivity contribution is 7.99. The van der Waals surface area contributed by atoms with Crippen molar-refractivity contribution in [1.82, 2.24) is 9.62 Å². The average molecular weight is 457 g/mol. The van der Waals surface area contributed by atoms with E-state index in [1.807, 2.05) is 27.7 Å². The Labute approximate surface area is 184 Å². The maximum absolute atomic E-state index is 13.2. The maximum Gasteiger partial charge on any atom is 0.328 e. The average Bonchev–Trinajstić information content (AvgIpc) is 2.71. The van der Waals surface area contributed by atoms with Gasteiger partial charge in [0.2, 0.25) is 15.9 Å². The van der Waals surface area contributed by atoms with Crippen LogP contribution in [-0.4, -0.2) is 61.3 Å². The zero-order valence-electron chi connectivity index (χ0n) is 18.1. The van der Waals surface area contributed by atoms with Crippen molar-refractivity contribution >= 4 is 33.7 Å². The second-order valence-corrected chi connectivity index (χ2v) is 10.9. The second kappa shape index (κ2) is 11.2. The zero-order valence-corrected chi connectivity index (χ0v) is 19.7. The lowest BCUT2D eigenvalue weighted by Gasteiger charge is -2.34. The molecule has 0 aliphatic carbocycles. The zero-order chi connectivity index (χ0) is 22.3. The molecule has 0 spiro atoms. The van der Waals surface area contributed by atoms with E-state index in [0.29, 0.717) is 24.3 Å². The summed E-state index contributed by atoms with van der Waals surface area (Å²) in [6, 6.07) is 4.94. The van der Waals surface area contributed by atoms with Crippen LogP contribution in [0.5, 0.6) is 0 Å². The fraction of sp³-hybridized carbons (Fsp3) is 0.619. The van der Waals surface area contributed by atoms with E-state index in [2.05, 4.69) is 5.32 Å². The van der Waals surface area contributed by atoms with Gasteiger partial charge in [0.25, 0.3) is 0 Å². The maximum atomic E-state index is 13.2. The number of aryl methyl sites for hydroxylation is 1. The molecule has 2 rings (SSSR count). The molecule has 0 bridgehead atoms. The Morgan fingerprint density at radius 3 is 2.53 bits per heavy atom. The molecule has 1 aliphatic heterocycles. The van der Waals surface area contributed by atoms with Gasteiger partial charge in [-0.25, -0.2) is 13.2 Å². The van der Waals surface area contributed by atoms with Gasteiger partial charge in [0.05, 0.1) is 11.5 Å². The number of hydrogen-bond acceptors (Lipinski definition) is 6. The molecule has 1 aromatic carbocycles. The first-order valence-corrected chi connectivity index (χ1v) is 12.9. The molecule has 2 atom stereocenters. The van der Waals surface area contributed by atoms with Crippen LogP contribution in [0.25, 0.3) is 0 Å². The minimum Gasteiger partial charge on any atom is -0.464 e. The highest BCUT2D eigenvalue weighted by Crippen LogP contribution is 2.25. The molecular weight excluding hydrogens is 424 g/mol. The summed E-state index contributed by atoms with van der Waals surface area (Å²) in [5.41, 5.74) is 0.958. The third kappa shape index (κ3) is 6.46. The Balaban J connectivity index is 2.21. The molecule has 1 N–H and O–H groups in total. The molecule has 0 aromatic heterocycles. The van der Waals surface area contributed by atoms with Crippen molar-refractivity contribution < 1.29 is 22.7 Å². The summed E-state index contributed by atoms with van der Waals surface area (Å²) in [7, 11) is -3.82. The SMILES string of the molecule is CCCOC(=O)[C@@H](CC(C)C)NC(=O)[C@@H]1CSCCN1S(=O)(=O)c1ccc(C)cc1. The number of nitrogens with zero attached hydrogens (tertiary/aromatic N) is 1. The molecule has 30 heavy (non-hydrogen) atoms. The van der Waals surface area contributed by atoms with Gasteiger partial charge in [-0.1, -0.05) is 38.5 Å². The summed E-state index contributed by atoms with van der Waals surface area (Å²) in [5.74, 6) is 0.183. The van der Waals surface area contributed by atoms with Gasteiger partial charge in [0.15, 0.2) is 0 Å². The highest BCUT2D eigenvalue weighted by Gasteiger charge is 2.39. The minimum absolute atomic E-state index is 0.164. The molecule has 0 radical (unpaired) electrons. The molecule has 1 aromatic rings. The van der Waals surface area contributed by atoms with Crippen molar-refractivity contribution in [1.29, 1.82) is 0 Å². The first-order valence-electron chi connectivity index (χ1n) is 10.3. The van der Waals surface area contributed by atoms with Gasteiger partial charge in [-0.3, -0.25) is 4.79 Å². The number of ether oxygens (including phenoxy) is 1. The number of amides is 1. The van der Waals surface area contributed by atoms with Crippen LogP contribution >= 0.6 is 11.8 Å². The van der Waals surface area contributed by atoms with Crippen molar-refractivity contribution in [3.8, 4) is 0 Å². The number of carbonyl (C=O) groups is 2. The predicted octanol–water partition coefficient (Wildman–Crippen LogP) is 2.59. The van der Waals surface area contributed by atoms with Crippen molar-refractivity contribution in [3.63, 3.8) is 0 Å². The number of rotatable bonds is 9. The molecule has 0 unspecified atom stereocenters. The lowest BCUT2D eigenvalue weighted by molar-refractivity contribution is -0.148. The summed E-state index contributed by atoms with van der Waals surface area (Å²) in [5, 5.41) is 2.76. The number of esters is 1. The van der Waals surface area contributed by atoms with Crippen molar-refractivity contribution in [2.75, 3.05) is 24.7 Å². The molecule has 9 heteroatoms. The molecule has 1 fully saturated rings. The van der Waals surface area contributed by atoms with Crippen molar-refractivity contribution in [3.05, 3.63) is 29.8 Å². The Morgan fingerprint density at radius 2 is 1.93 bits per heavy atom. The Hall–Kier alpha value is -1.58. The standard InChI is InChI=1S/C21H32N2O5S2/c1-5-11-28-21(25)18(13-15(2)3)22-20(24)19-14-29-12-10-23(19)30(26,27)17-8-6-16(4)7-9-17/h6-9,15,18-19H,5,10-14H2,1-4H3,(H,22,24)/t18-,19+/m1/s1. The van der Waals surface area contributed by atoms with Gasteiger partial charge in [0.1, 0.15) is 12.1 Å². The van der Waals surface area contributed by atoms with Gasteiger partial charge in [-0.15, -0.1) is 0 Å². The molecule has 1 heterocycles. The van der Waals surface area contributed by atoms with Crippen LogP contribution in [0.1, 0.15) is 39.2 Å². The Morgan fingerprint density at radius 1 is 1.27 bits per heavy atom. The summed E-state index contributed by atoms with van der Waals surface area (Å²) < 4.78 is 32.9. The summed E-state index contributed by atoms with van der Waals surface area (Å²) in [6.45, 7) is 8.23. The topological polar surface area (TPSA) is 92.8 Å². The van der Waals surface area contributed by atoms with Crippen molar-refractivity contribution in [2.24, 2.45) is 5.92 Å². The monoisotopic (exact) mass is 456 g/mol. The normalized spacial score (nSPS) is 18.8. The fourth-order valence-electron chi connectivity index (χ4n) is 3.18. The van der Waals surface area contributed by atoms with E-state index < -0.39 is 34.0 Å². The largest absolute Gasteiger partial charge is 0.464 e. The predicted molar refractivity (Wildman–Crippen MR) is 119 cm³/mol. The van der Waals surface area contributed by atoms with E-state index in [9.17, 15) is 18.0 Å². The third-order valence-corrected chi connectivity index (χ3v) is 7.71. The highest BCUT2D eigenvalue weighted by atomic mass is 32.2. The number of thioether (sulfide) groups is 1. The van der Waals surface area contributed by atoms with Gasteiger partial charge in [-0.05, 0) is 37.8 Å². The number of hydrogen-bond donors (Lipinski definition) is 1. The summed E-state index contributed by atoms with van der Waals surface area (Å²) in [4.78, 5) is 25.7. The molecule has 168 valence electrons. The molecule has 7 nitrogen and oxygen atoms in total. The quantitative estimate of drug-likeness (QED) is 0.574. The third-order valence-electron chi connectivity index (χ3n) is 4.77. The molecule has 1 amide bonds. The lowest BCUT2D eigenvalue weighted by atomic mass is 10.0. The van der Waals surface area contributed by atoms with Gasteiger partial charge < -0.3 is 10.1 Å². The summed E-state index contributed by atoms with van der Waals surface area (Å²) in [6.07, 6.45) is 1.12. The Kier molecular flexibility index (Phi) is 9.18. The number of nitrogens with one attached hydrogen (secondary N) is 1. The molecule has 1 saturated heterocycles. The first kappa shape index (κ1) is 24.7. The minimum atomic E-state index is -3.82. The second-order valence-electron chi connectivity index (χ2n) is 7.88. The van der Waals surface area contributed by atoms with Gasteiger partial charge >= 0.3 is 5.97 Å². The fourth-order valence-corrected chi connectivity index (χ4v) is 6.03. The molecular formula is C21H32N2O5S2. The van der Waals surface area contributed by atoms with E-state index in [1.165, 1.54) is 16.1 Å². The number of sulfonamides is 1. The summed E-state index contributed by atoms with van der Waals surface area (Å²) >= 11 is 1.53. The van der Waals surface area contributed by atoms with E-state index >= 15 is 0 Å². The van der Waals surface area contributed by atoms with E-state index in [0.717, 1.165) is 5.56 Å². The van der Waals surface area contributed by atoms with Crippen LogP contribution in [0.3, 0.4) is 0 Å². The smallest absolute Gasteiger partial charge is 0.328 e. The number of benzene rings is 1. The first-order chi connectivity index (χ1) is 14.2. The van der Waals surface area contributed by atoms with Crippen LogP contribution in [0.2, 0.25) is 0 Å². The van der Waals surface area contributed by atoms with E-state index in [4.69, 9.17) is 4.74 Å². The van der Waals surface area contributed by atoms with Crippen LogP contribution in [-0.2, 0) is 24.3 Å². The molecule has 1 aliphatic rings. The van der Waals surface area contributed by atoms with Crippen LogP contribution in [0.4, 0.5) is 0 Å². The van der Waals surface area contributed by atoms with E-state index in [1.54, 1.807) is 24.3 Å². The van der Waals surface area contributed by atoms with Crippen molar-refractivity contribution in [2.45, 2.75) is 57.5 Å². The van der Waals surface area contributed by atoms with E-state index in [-0.39, 0.29) is 24.0 Å². The van der Waals surface area contributed by atoms with Gasteiger partial charge in [0, 0.05) is 18.1 Å². The Bertz CT molecular complexity index is 824. The van der Waals surface area contributed by atoms with Gasteiger partial charge in [-0.2, -0.15) is 16.1 Å². The van der Waals surface area contributed by atoms with Crippen LogP contribution in [0, 0.1) is 12.8 Å².